The Balaban J connectivity index is 2.37. The van der Waals surface area contributed by atoms with Gasteiger partial charge in [-0.15, -0.1) is 11.3 Å². The second-order valence-corrected chi connectivity index (χ2v) is 5.35. The Bertz CT molecular complexity index is 439. The topological polar surface area (TPSA) is 32.9 Å². The molecule has 4 heteroatoms. The zero-order valence-corrected chi connectivity index (χ0v) is 9.91. The van der Waals surface area contributed by atoms with Gasteiger partial charge in [0.1, 0.15) is 0 Å². The largest absolute Gasteiger partial charge is 0.358 e. The summed E-state index contributed by atoms with van der Waals surface area (Å²) in [5, 5.41) is 0. The monoisotopic (exact) mass is 269 g/mol. The van der Waals surface area contributed by atoms with Gasteiger partial charge < -0.3 is 4.98 Å². The summed E-state index contributed by atoms with van der Waals surface area (Å²) in [5.74, 6) is 0.0498. The van der Waals surface area contributed by atoms with E-state index in [0.29, 0.717) is 5.69 Å². The van der Waals surface area contributed by atoms with Crippen molar-refractivity contribution in [3.05, 3.63) is 44.3 Å². The van der Waals surface area contributed by atoms with Crippen LogP contribution in [0.1, 0.15) is 20.9 Å². The van der Waals surface area contributed by atoms with E-state index >= 15 is 0 Å². The number of halogens is 1. The Kier molecular flexibility index (Phi) is 2.56. The van der Waals surface area contributed by atoms with Crippen molar-refractivity contribution in [3.63, 3.8) is 0 Å². The lowest BCUT2D eigenvalue weighted by Gasteiger charge is -1.91. The van der Waals surface area contributed by atoms with Crippen LogP contribution in [0.15, 0.2) is 28.2 Å². The van der Waals surface area contributed by atoms with Gasteiger partial charge in [-0.3, -0.25) is 4.79 Å². The molecule has 0 spiro atoms. The molecule has 2 rings (SSSR count). The molecule has 0 radical (unpaired) electrons. The lowest BCUT2D eigenvalue weighted by Crippen LogP contribution is -1.97. The van der Waals surface area contributed by atoms with Gasteiger partial charge in [0.15, 0.2) is 0 Å². The van der Waals surface area contributed by atoms with Gasteiger partial charge in [0.05, 0.1) is 14.4 Å². The fourth-order valence-corrected chi connectivity index (χ4v) is 2.67. The third-order valence-electron chi connectivity index (χ3n) is 1.92. The van der Waals surface area contributed by atoms with E-state index in [1.807, 2.05) is 19.1 Å². The van der Waals surface area contributed by atoms with Gasteiger partial charge in [0, 0.05) is 6.20 Å². The molecule has 2 aromatic heterocycles. The average Bonchev–Trinajstić information content (AvgIpc) is 2.76. The molecule has 0 atom stereocenters. The van der Waals surface area contributed by atoms with Crippen LogP contribution in [0.3, 0.4) is 0 Å². The van der Waals surface area contributed by atoms with Gasteiger partial charge in [-0.2, -0.15) is 0 Å². The van der Waals surface area contributed by atoms with Crippen molar-refractivity contribution >= 4 is 33.0 Å². The Labute approximate surface area is 94.1 Å². The zero-order chi connectivity index (χ0) is 10.1. The summed E-state index contributed by atoms with van der Waals surface area (Å²) in [7, 11) is 0. The molecule has 0 aromatic carbocycles. The molecule has 14 heavy (non-hydrogen) atoms. The van der Waals surface area contributed by atoms with Crippen LogP contribution in [0.5, 0.6) is 0 Å². The predicted octanol–water partition coefficient (Wildman–Crippen LogP) is 3.38. The maximum Gasteiger partial charge on any atom is 0.219 e. The van der Waals surface area contributed by atoms with Crippen LogP contribution in [0.2, 0.25) is 0 Å². The molecule has 0 bridgehead atoms. The lowest BCUT2D eigenvalue weighted by molar-refractivity contribution is 0.103. The minimum atomic E-state index is 0.0498. The average molecular weight is 270 g/mol. The molecule has 1 N–H and O–H groups in total. The summed E-state index contributed by atoms with van der Waals surface area (Å²) in [6.07, 6.45) is 1.75. The van der Waals surface area contributed by atoms with Gasteiger partial charge in [0.2, 0.25) is 5.78 Å². The van der Waals surface area contributed by atoms with Gasteiger partial charge in [-0.25, -0.2) is 0 Å². The summed E-state index contributed by atoms with van der Waals surface area (Å²) in [6.45, 7) is 1.98. The van der Waals surface area contributed by atoms with Gasteiger partial charge >= 0.3 is 0 Å². The Morgan fingerprint density at radius 1 is 1.57 bits per heavy atom. The first kappa shape index (κ1) is 9.68. The van der Waals surface area contributed by atoms with E-state index in [2.05, 4.69) is 20.9 Å². The second-order valence-electron chi connectivity index (χ2n) is 2.98. The first-order valence-corrected chi connectivity index (χ1v) is 5.73. The minimum Gasteiger partial charge on any atom is -0.358 e. The number of carbonyl (C=O) groups excluding carboxylic acids is 1. The number of aryl methyl sites for hydroxylation is 1. The molecule has 0 aliphatic heterocycles. The van der Waals surface area contributed by atoms with E-state index in [9.17, 15) is 4.79 Å². The smallest absolute Gasteiger partial charge is 0.219 e. The lowest BCUT2D eigenvalue weighted by atomic mass is 10.2. The molecule has 0 fully saturated rings. The predicted molar refractivity (Wildman–Crippen MR) is 61.0 cm³/mol. The summed E-state index contributed by atoms with van der Waals surface area (Å²) in [4.78, 5) is 15.5. The zero-order valence-electron chi connectivity index (χ0n) is 7.50. The van der Waals surface area contributed by atoms with Crippen LogP contribution in [0.4, 0.5) is 0 Å². The maximum atomic E-state index is 11.8. The van der Waals surface area contributed by atoms with Crippen LogP contribution in [-0.2, 0) is 0 Å². The van der Waals surface area contributed by atoms with E-state index in [0.717, 1.165) is 14.2 Å². The third-order valence-corrected chi connectivity index (χ3v) is 4.06. The molecule has 0 aliphatic rings. The van der Waals surface area contributed by atoms with E-state index < -0.39 is 0 Å². The van der Waals surface area contributed by atoms with Gasteiger partial charge in [-0.05, 0) is 46.6 Å². The SMILES string of the molecule is Cc1cc(C(=O)c2ccc[nH]2)sc1Br. The fraction of sp³-hybridized carbons (Fsp3) is 0.100. The second kappa shape index (κ2) is 3.71. The number of hydrogen-bond donors (Lipinski definition) is 1. The summed E-state index contributed by atoms with van der Waals surface area (Å²) >= 11 is 4.87. The van der Waals surface area contributed by atoms with Gasteiger partial charge in [0.25, 0.3) is 0 Å². The van der Waals surface area contributed by atoms with E-state index in [1.54, 1.807) is 12.3 Å². The summed E-state index contributed by atoms with van der Waals surface area (Å²) < 4.78 is 1.02. The number of ketones is 1. The van der Waals surface area contributed by atoms with Crippen molar-refractivity contribution in [2.75, 3.05) is 0 Å². The van der Waals surface area contributed by atoms with E-state index in [1.165, 1.54) is 11.3 Å². The van der Waals surface area contributed by atoms with Crippen molar-refractivity contribution in [3.8, 4) is 0 Å². The van der Waals surface area contributed by atoms with Crippen LogP contribution < -0.4 is 0 Å². The molecule has 0 aliphatic carbocycles. The van der Waals surface area contributed by atoms with Crippen LogP contribution in [0.25, 0.3) is 0 Å². The standard InChI is InChI=1S/C10H8BrNOS/c1-6-5-8(14-10(6)11)9(13)7-3-2-4-12-7/h2-5,12H,1H3. The number of carbonyl (C=O) groups is 1. The third kappa shape index (κ3) is 1.67. The molecular weight excluding hydrogens is 262 g/mol. The van der Waals surface area contributed by atoms with Crippen LogP contribution in [-0.4, -0.2) is 10.8 Å². The fourth-order valence-electron chi connectivity index (χ4n) is 1.18. The Hall–Kier alpha value is -0.870. The van der Waals surface area contributed by atoms with E-state index in [4.69, 9.17) is 0 Å². The molecule has 2 nitrogen and oxygen atoms in total. The minimum absolute atomic E-state index is 0.0498. The number of nitrogens with one attached hydrogen (secondary N) is 1. The number of H-pyrrole nitrogens is 1. The normalized spacial score (nSPS) is 10.4. The first-order valence-electron chi connectivity index (χ1n) is 4.12. The number of thiophene rings is 1. The van der Waals surface area contributed by atoms with Crippen molar-refractivity contribution in [1.82, 2.24) is 4.98 Å². The van der Waals surface area contributed by atoms with Crippen molar-refractivity contribution in [1.29, 1.82) is 0 Å². The molecule has 0 saturated heterocycles. The number of aromatic nitrogens is 1. The Morgan fingerprint density at radius 3 is 2.86 bits per heavy atom. The highest BCUT2D eigenvalue weighted by Gasteiger charge is 2.13. The quantitative estimate of drug-likeness (QED) is 0.834. The van der Waals surface area contributed by atoms with Crippen molar-refractivity contribution in [2.24, 2.45) is 0 Å². The van der Waals surface area contributed by atoms with Crippen LogP contribution in [0, 0.1) is 6.92 Å². The number of aromatic amines is 1. The van der Waals surface area contributed by atoms with E-state index in [-0.39, 0.29) is 5.78 Å². The van der Waals surface area contributed by atoms with Crippen molar-refractivity contribution < 1.29 is 4.79 Å². The van der Waals surface area contributed by atoms with Gasteiger partial charge in [-0.1, -0.05) is 0 Å². The number of hydrogen-bond acceptors (Lipinski definition) is 2. The molecule has 0 unspecified atom stereocenters. The molecule has 0 amide bonds. The van der Waals surface area contributed by atoms with Crippen LogP contribution >= 0.6 is 27.3 Å². The Morgan fingerprint density at radius 2 is 2.36 bits per heavy atom. The molecule has 2 aromatic rings. The highest BCUT2D eigenvalue weighted by molar-refractivity contribution is 9.11. The maximum absolute atomic E-state index is 11.8. The molecule has 2 heterocycles. The highest BCUT2D eigenvalue weighted by Crippen LogP contribution is 2.28. The summed E-state index contributed by atoms with van der Waals surface area (Å²) in [6, 6.07) is 5.51. The van der Waals surface area contributed by atoms with Crippen molar-refractivity contribution in [2.45, 2.75) is 6.92 Å². The number of rotatable bonds is 2. The highest BCUT2D eigenvalue weighted by atomic mass is 79.9. The molecular formula is C10H8BrNOS. The first-order chi connectivity index (χ1) is 6.68. The molecule has 72 valence electrons. The summed E-state index contributed by atoms with van der Waals surface area (Å²) in [5.41, 5.74) is 1.74. The molecule has 0 saturated carbocycles.